The number of carbonyl (C=O) groups excluding carboxylic acids is 2. The molecule has 34 heavy (non-hydrogen) atoms. The highest BCUT2D eigenvalue weighted by Gasteiger charge is 2.16. The zero-order valence-corrected chi connectivity index (χ0v) is 19.5. The summed E-state index contributed by atoms with van der Waals surface area (Å²) in [4.78, 5) is 35.7. The van der Waals surface area contributed by atoms with Crippen molar-refractivity contribution in [2.24, 2.45) is 5.73 Å². The van der Waals surface area contributed by atoms with Crippen molar-refractivity contribution in [1.82, 2.24) is 5.32 Å². The lowest BCUT2D eigenvalue weighted by Crippen LogP contribution is -2.25. The predicted molar refractivity (Wildman–Crippen MR) is 129 cm³/mol. The molecule has 3 aromatic carbocycles. The van der Waals surface area contributed by atoms with Crippen LogP contribution in [0.5, 0.6) is 11.5 Å². The molecule has 178 valence electrons. The lowest BCUT2D eigenvalue weighted by atomic mass is 10.1. The number of halogens is 2. The van der Waals surface area contributed by atoms with Crippen LogP contribution in [-0.2, 0) is 16.1 Å². The summed E-state index contributed by atoms with van der Waals surface area (Å²) < 4.78 is 11.1. The van der Waals surface area contributed by atoms with Gasteiger partial charge in [-0.2, -0.15) is 0 Å². The van der Waals surface area contributed by atoms with Gasteiger partial charge in [0, 0.05) is 24.0 Å². The number of benzene rings is 3. The molecule has 0 aliphatic rings. The van der Waals surface area contributed by atoms with Crippen LogP contribution in [0, 0.1) is 0 Å². The first kappa shape index (κ1) is 25.1. The second kappa shape index (κ2) is 11.1. The van der Waals surface area contributed by atoms with E-state index in [1.165, 1.54) is 25.2 Å². The van der Waals surface area contributed by atoms with Crippen LogP contribution in [-0.4, -0.2) is 43.2 Å². The number of carbonyl (C=O) groups is 3. The van der Waals surface area contributed by atoms with Crippen LogP contribution in [0.15, 0.2) is 42.5 Å². The van der Waals surface area contributed by atoms with E-state index in [-0.39, 0.29) is 41.1 Å². The van der Waals surface area contributed by atoms with Gasteiger partial charge in [-0.3, -0.25) is 9.59 Å². The van der Waals surface area contributed by atoms with Gasteiger partial charge in [0.15, 0.2) is 13.2 Å². The van der Waals surface area contributed by atoms with E-state index in [9.17, 15) is 19.5 Å². The minimum atomic E-state index is -1.18. The molecule has 5 N–H and O–H groups in total. The molecule has 0 fully saturated rings. The fourth-order valence-corrected chi connectivity index (χ4v) is 3.69. The van der Waals surface area contributed by atoms with Crippen LogP contribution >= 0.6 is 23.2 Å². The van der Waals surface area contributed by atoms with E-state index in [2.05, 4.69) is 10.6 Å². The lowest BCUT2D eigenvalue weighted by Gasteiger charge is -2.15. The van der Waals surface area contributed by atoms with E-state index in [1.807, 2.05) is 0 Å². The average molecular weight is 506 g/mol. The monoisotopic (exact) mass is 505 g/mol. The van der Waals surface area contributed by atoms with Crippen LogP contribution in [0.2, 0.25) is 10.0 Å². The number of aromatic carboxylic acids is 1. The first-order valence-corrected chi connectivity index (χ1v) is 10.7. The Labute approximate surface area is 204 Å². The highest BCUT2D eigenvalue weighted by atomic mass is 35.5. The number of fused-ring (bicyclic) bond motifs is 1. The van der Waals surface area contributed by atoms with Crippen molar-refractivity contribution >= 4 is 57.4 Å². The summed E-state index contributed by atoms with van der Waals surface area (Å²) in [5.74, 6) is -1.70. The van der Waals surface area contributed by atoms with E-state index in [0.29, 0.717) is 21.5 Å². The van der Waals surface area contributed by atoms with E-state index >= 15 is 0 Å². The summed E-state index contributed by atoms with van der Waals surface area (Å²) in [6.45, 7) is -0.463. The van der Waals surface area contributed by atoms with Crippen LogP contribution < -0.4 is 25.8 Å². The molecule has 0 aliphatic carbocycles. The third kappa shape index (κ3) is 6.07. The van der Waals surface area contributed by atoms with E-state index in [4.69, 9.17) is 38.4 Å². The molecular formula is C23H21Cl2N3O6. The molecule has 0 bridgehead atoms. The highest BCUT2D eigenvalue weighted by molar-refractivity contribution is 6.39. The maximum Gasteiger partial charge on any atom is 0.335 e. The SMILES string of the molecule is CNC(=O)COc1cc(CN)ccc1NC(=O)COc1cc(C(=O)O)cc2cc(Cl)cc(Cl)c12. The van der Waals surface area contributed by atoms with Gasteiger partial charge in [0.1, 0.15) is 11.5 Å². The van der Waals surface area contributed by atoms with Gasteiger partial charge in [0.05, 0.1) is 16.3 Å². The third-order valence-electron chi connectivity index (χ3n) is 4.73. The number of carboxylic acid groups (broad SMARTS) is 1. The Kier molecular flexibility index (Phi) is 8.17. The maximum atomic E-state index is 12.6. The van der Waals surface area contributed by atoms with Gasteiger partial charge in [-0.25, -0.2) is 4.79 Å². The molecule has 0 radical (unpaired) electrons. The predicted octanol–water partition coefficient (Wildman–Crippen LogP) is 3.45. The zero-order chi connectivity index (χ0) is 24.8. The summed E-state index contributed by atoms with van der Waals surface area (Å²) in [7, 11) is 1.48. The smallest absolute Gasteiger partial charge is 0.335 e. The summed E-state index contributed by atoms with van der Waals surface area (Å²) >= 11 is 12.3. The average Bonchev–Trinajstić information content (AvgIpc) is 2.80. The summed E-state index contributed by atoms with van der Waals surface area (Å²) in [5, 5.41) is 16.0. The summed E-state index contributed by atoms with van der Waals surface area (Å²) in [6.07, 6.45) is 0. The minimum Gasteiger partial charge on any atom is -0.483 e. The van der Waals surface area contributed by atoms with Crippen molar-refractivity contribution in [2.45, 2.75) is 6.54 Å². The molecule has 11 heteroatoms. The van der Waals surface area contributed by atoms with Crippen LogP contribution in [0.25, 0.3) is 10.8 Å². The third-order valence-corrected chi connectivity index (χ3v) is 5.24. The quantitative estimate of drug-likeness (QED) is 0.349. The van der Waals surface area contributed by atoms with E-state index in [0.717, 1.165) is 5.56 Å². The molecule has 0 saturated heterocycles. The summed E-state index contributed by atoms with van der Waals surface area (Å²) in [5.41, 5.74) is 6.66. The Bertz CT molecular complexity index is 1270. The second-order valence-corrected chi connectivity index (χ2v) is 7.94. The minimum absolute atomic E-state index is 0.0523. The normalized spacial score (nSPS) is 10.6. The maximum absolute atomic E-state index is 12.6. The highest BCUT2D eigenvalue weighted by Crippen LogP contribution is 2.36. The van der Waals surface area contributed by atoms with Crippen molar-refractivity contribution in [2.75, 3.05) is 25.6 Å². The van der Waals surface area contributed by atoms with Gasteiger partial charge in [0.2, 0.25) is 0 Å². The van der Waals surface area contributed by atoms with Crippen LogP contribution in [0.4, 0.5) is 5.69 Å². The molecule has 2 amide bonds. The van der Waals surface area contributed by atoms with E-state index in [1.54, 1.807) is 24.3 Å². The molecule has 0 aliphatic heterocycles. The van der Waals surface area contributed by atoms with Crippen molar-refractivity contribution in [3.8, 4) is 11.5 Å². The Morgan fingerprint density at radius 1 is 0.971 bits per heavy atom. The molecule has 0 aromatic heterocycles. The summed E-state index contributed by atoms with van der Waals surface area (Å²) in [6, 6.07) is 10.7. The molecule has 0 heterocycles. The molecule has 0 spiro atoms. The van der Waals surface area contributed by atoms with Gasteiger partial charge < -0.3 is 30.9 Å². The zero-order valence-electron chi connectivity index (χ0n) is 18.0. The number of amides is 2. The molecular weight excluding hydrogens is 485 g/mol. The number of nitrogens with one attached hydrogen (secondary N) is 2. The first-order chi connectivity index (χ1) is 16.2. The largest absolute Gasteiger partial charge is 0.483 e. The fraction of sp³-hybridized carbons (Fsp3) is 0.174. The van der Waals surface area contributed by atoms with Crippen LogP contribution in [0.3, 0.4) is 0 Å². The fourth-order valence-electron chi connectivity index (χ4n) is 3.09. The van der Waals surface area contributed by atoms with Crippen molar-refractivity contribution < 1.29 is 29.0 Å². The Morgan fingerprint density at radius 3 is 2.35 bits per heavy atom. The number of anilines is 1. The molecule has 9 nitrogen and oxygen atoms in total. The Morgan fingerprint density at radius 2 is 1.68 bits per heavy atom. The van der Waals surface area contributed by atoms with E-state index < -0.39 is 18.5 Å². The first-order valence-electron chi connectivity index (χ1n) is 9.97. The molecule has 3 rings (SSSR count). The van der Waals surface area contributed by atoms with Crippen LogP contribution in [0.1, 0.15) is 15.9 Å². The standard InChI is InChI=1S/C23H21Cl2N3O6/c1-27-20(29)10-33-18-4-12(9-26)2-3-17(18)28-21(30)11-34-19-7-14(23(31)32)5-13-6-15(24)8-16(25)22(13)19/h2-8H,9-11,26H2,1H3,(H,27,29)(H,28,30)(H,31,32). The topological polar surface area (TPSA) is 140 Å². The van der Waals surface area contributed by atoms with Gasteiger partial charge in [-0.05, 0) is 47.3 Å². The molecule has 0 saturated carbocycles. The second-order valence-electron chi connectivity index (χ2n) is 7.10. The van der Waals surface area contributed by atoms with Gasteiger partial charge in [0.25, 0.3) is 11.8 Å². The number of likely N-dealkylation sites (N-methyl/N-ethyl adjacent to an activating group) is 1. The van der Waals surface area contributed by atoms with Crippen molar-refractivity contribution in [3.63, 3.8) is 0 Å². The van der Waals surface area contributed by atoms with Gasteiger partial charge in [-0.1, -0.05) is 29.3 Å². The molecule has 0 atom stereocenters. The molecule has 3 aromatic rings. The Hall–Kier alpha value is -3.53. The number of hydrogen-bond donors (Lipinski definition) is 4. The number of hydrogen-bond acceptors (Lipinski definition) is 6. The number of nitrogens with two attached hydrogens (primary N) is 1. The van der Waals surface area contributed by atoms with Gasteiger partial charge >= 0.3 is 5.97 Å². The van der Waals surface area contributed by atoms with Gasteiger partial charge in [-0.15, -0.1) is 0 Å². The number of ether oxygens (including phenoxy) is 2. The van der Waals surface area contributed by atoms with Crippen molar-refractivity contribution in [1.29, 1.82) is 0 Å². The number of carboxylic acids is 1. The Balaban J connectivity index is 1.81. The number of rotatable bonds is 9. The lowest BCUT2D eigenvalue weighted by molar-refractivity contribution is -0.122. The van der Waals surface area contributed by atoms with Crippen molar-refractivity contribution in [3.05, 3.63) is 63.6 Å². The molecule has 0 unspecified atom stereocenters.